The SMILES string of the molecule is Cc1ccc(N2C[C@@H](c3nc4ccccc4n3CCCOc3ccc(Cl)cc3)CC2=O)c(C)c1. The minimum atomic E-state index is 0.0535. The van der Waals surface area contributed by atoms with E-state index < -0.39 is 0 Å². The number of ether oxygens (including phenoxy) is 1. The van der Waals surface area contributed by atoms with E-state index in [1.807, 2.05) is 47.4 Å². The minimum absolute atomic E-state index is 0.0535. The molecule has 174 valence electrons. The largest absolute Gasteiger partial charge is 0.494 e. The number of anilines is 1. The van der Waals surface area contributed by atoms with Crippen LogP contribution in [0, 0.1) is 13.8 Å². The monoisotopic (exact) mass is 473 g/mol. The van der Waals surface area contributed by atoms with Crippen LogP contribution in [-0.2, 0) is 11.3 Å². The first-order chi connectivity index (χ1) is 16.5. The molecule has 1 aliphatic rings. The number of imidazole rings is 1. The maximum atomic E-state index is 13.0. The standard InChI is InChI=1S/C28H28ClN3O2/c1-19-8-13-25(20(2)16-19)32-18-21(17-27(32)33)28-30-24-6-3-4-7-26(24)31(28)14-5-15-34-23-11-9-22(29)10-12-23/h3-4,6-13,16,21H,5,14-15,17-18H2,1-2H3/t21-/m0/s1. The number of benzene rings is 3. The van der Waals surface area contributed by atoms with Crippen LogP contribution in [0.2, 0.25) is 5.02 Å². The molecule has 1 atom stereocenters. The number of aromatic nitrogens is 2. The fourth-order valence-electron chi connectivity index (χ4n) is 4.81. The molecule has 1 aliphatic heterocycles. The zero-order chi connectivity index (χ0) is 23.7. The van der Waals surface area contributed by atoms with Gasteiger partial charge in [-0.2, -0.15) is 0 Å². The lowest BCUT2D eigenvalue weighted by molar-refractivity contribution is -0.117. The van der Waals surface area contributed by atoms with Crippen LogP contribution >= 0.6 is 11.6 Å². The van der Waals surface area contributed by atoms with Crippen molar-refractivity contribution in [2.75, 3.05) is 18.1 Å². The van der Waals surface area contributed by atoms with Crippen molar-refractivity contribution in [1.29, 1.82) is 0 Å². The molecule has 0 bridgehead atoms. The first kappa shape index (κ1) is 22.5. The Kier molecular flexibility index (Phi) is 6.29. The van der Waals surface area contributed by atoms with E-state index in [-0.39, 0.29) is 11.8 Å². The summed E-state index contributed by atoms with van der Waals surface area (Å²) in [7, 11) is 0. The van der Waals surface area contributed by atoms with Gasteiger partial charge in [0, 0.05) is 36.1 Å². The van der Waals surface area contributed by atoms with Gasteiger partial charge in [0.25, 0.3) is 0 Å². The third kappa shape index (κ3) is 4.53. The Morgan fingerprint density at radius 2 is 1.85 bits per heavy atom. The van der Waals surface area contributed by atoms with Crippen molar-refractivity contribution >= 4 is 34.2 Å². The minimum Gasteiger partial charge on any atom is -0.494 e. The topological polar surface area (TPSA) is 47.4 Å². The molecule has 0 spiro atoms. The van der Waals surface area contributed by atoms with Crippen LogP contribution in [0.1, 0.15) is 35.7 Å². The van der Waals surface area contributed by atoms with Gasteiger partial charge < -0.3 is 14.2 Å². The number of halogens is 1. The Labute approximate surface area is 204 Å². The van der Waals surface area contributed by atoms with E-state index in [4.69, 9.17) is 21.3 Å². The molecule has 0 saturated carbocycles. The lowest BCUT2D eigenvalue weighted by Crippen LogP contribution is -2.25. The highest BCUT2D eigenvalue weighted by Gasteiger charge is 2.35. The van der Waals surface area contributed by atoms with Crippen LogP contribution in [0.5, 0.6) is 5.75 Å². The molecule has 0 radical (unpaired) electrons. The maximum Gasteiger partial charge on any atom is 0.227 e. The van der Waals surface area contributed by atoms with E-state index in [9.17, 15) is 4.79 Å². The Bertz CT molecular complexity index is 1330. The van der Waals surface area contributed by atoms with E-state index in [1.165, 1.54) is 5.56 Å². The van der Waals surface area contributed by atoms with Gasteiger partial charge in [-0.15, -0.1) is 0 Å². The molecule has 0 unspecified atom stereocenters. The second kappa shape index (κ2) is 9.51. The zero-order valence-electron chi connectivity index (χ0n) is 19.5. The summed E-state index contributed by atoms with van der Waals surface area (Å²) in [5.41, 5.74) is 5.39. The first-order valence-electron chi connectivity index (χ1n) is 11.7. The third-order valence-corrected chi connectivity index (χ3v) is 6.68. The molecule has 4 aromatic rings. The van der Waals surface area contributed by atoms with Gasteiger partial charge in [0.1, 0.15) is 11.6 Å². The van der Waals surface area contributed by atoms with Crippen molar-refractivity contribution in [1.82, 2.24) is 9.55 Å². The van der Waals surface area contributed by atoms with Crippen molar-refractivity contribution in [3.05, 3.63) is 88.7 Å². The first-order valence-corrected chi connectivity index (χ1v) is 12.1. The number of hydrogen-bond acceptors (Lipinski definition) is 3. The van der Waals surface area contributed by atoms with Crippen molar-refractivity contribution in [2.45, 2.75) is 39.2 Å². The number of nitrogens with zero attached hydrogens (tertiary/aromatic N) is 3. The number of aryl methyl sites for hydroxylation is 3. The second-order valence-electron chi connectivity index (χ2n) is 8.96. The molecule has 0 N–H and O–H groups in total. The summed E-state index contributed by atoms with van der Waals surface area (Å²) in [6.45, 7) is 6.15. The predicted octanol–water partition coefficient (Wildman–Crippen LogP) is 6.30. The highest BCUT2D eigenvalue weighted by molar-refractivity contribution is 6.30. The Morgan fingerprint density at radius 3 is 2.65 bits per heavy atom. The highest BCUT2D eigenvalue weighted by Crippen LogP contribution is 2.34. The smallest absolute Gasteiger partial charge is 0.227 e. The number of amides is 1. The van der Waals surface area contributed by atoms with Gasteiger partial charge in [0.2, 0.25) is 5.91 Å². The molecule has 5 rings (SSSR count). The second-order valence-corrected chi connectivity index (χ2v) is 9.40. The summed E-state index contributed by atoms with van der Waals surface area (Å²) in [5, 5.41) is 0.697. The number of carbonyl (C=O) groups is 1. The van der Waals surface area contributed by atoms with Crippen LogP contribution in [0.3, 0.4) is 0 Å². The third-order valence-electron chi connectivity index (χ3n) is 6.43. The van der Waals surface area contributed by atoms with Crippen LogP contribution in [0.4, 0.5) is 5.69 Å². The van der Waals surface area contributed by atoms with Gasteiger partial charge in [-0.05, 0) is 68.3 Å². The average molecular weight is 474 g/mol. The normalized spacial score (nSPS) is 15.9. The van der Waals surface area contributed by atoms with Crippen LogP contribution in [-0.4, -0.2) is 28.6 Å². The highest BCUT2D eigenvalue weighted by atomic mass is 35.5. The Balaban J connectivity index is 1.35. The van der Waals surface area contributed by atoms with E-state index in [1.54, 1.807) is 0 Å². The average Bonchev–Trinajstić information content (AvgIpc) is 3.38. The summed E-state index contributed by atoms with van der Waals surface area (Å²) in [6, 6.07) is 21.9. The van der Waals surface area contributed by atoms with Gasteiger partial charge in [-0.1, -0.05) is 41.4 Å². The number of fused-ring (bicyclic) bond motifs is 1. The van der Waals surface area contributed by atoms with Crippen LogP contribution in [0.25, 0.3) is 11.0 Å². The summed E-state index contributed by atoms with van der Waals surface area (Å²) in [4.78, 5) is 19.9. The van der Waals surface area contributed by atoms with E-state index >= 15 is 0 Å². The molecule has 1 saturated heterocycles. The summed E-state index contributed by atoms with van der Waals surface area (Å²) < 4.78 is 8.16. The van der Waals surface area contributed by atoms with E-state index in [0.717, 1.165) is 46.8 Å². The Morgan fingerprint density at radius 1 is 1.06 bits per heavy atom. The van der Waals surface area contributed by atoms with Crippen LogP contribution < -0.4 is 9.64 Å². The fourth-order valence-corrected chi connectivity index (χ4v) is 4.93. The predicted molar refractivity (Wildman–Crippen MR) is 137 cm³/mol. The number of hydrogen-bond donors (Lipinski definition) is 0. The molecular weight excluding hydrogens is 446 g/mol. The van der Waals surface area contributed by atoms with Gasteiger partial charge >= 0.3 is 0 Å². The molecule has 1 amide bonds. The summed E-state index contributed by atoms with van der Waals surface area (Å²) in [5.74, 6) is 2.00. The van der Waals surface area contributed by atoms with E-state index in [0.29, 0.717) is 24.6 Å². The maximum absolute atomic E-state index is 13.0. The van der Waals surface area contributed by atoms with Crippen molar-refractivity contribution in [2.24, 2.45) is 0 Å². The molecule has 6 heteroatoms. The molecule has 0 aliphatic carbocycles. The fraction of sp³-hybridized carbons (Fsp3) is 0.286. The molecule has 2 heterocycles. The van der Waals surface area contributed by atoms with E-state index in [2.05, 4.69) is 42.7 Å². The lowest BCUT2D eigenvalue weighted by Gasteiger charge is -2.20. The number of rotatable bonds is 7. The zero-order valence-corrected chi connectivity index (χ0v) is 20.3. The lowest BCUT2D eigenvalue weighted by atomic mass is 10.1. The van der Waals surface area contributed by atoms with Crippen molar-refractivity contribution in [3.63, 3.8) is 0 Å². The molecule has 5 nitrogen and oxygen atoms in total. The molecule has 1 aromatic heterocycles. The molecule has 3 aromatic carbocycles. The van der Waals surface area contributed by atoms with Gasteiger partial charge in [-0.25, -0.2) is 4.98 Å². The molecule has 1 fully saturated rings. The summed E-state index contributed by atoms with van der Waals surface area (Å²) in [6.07, 6.45) is 1.30. The van der Waals surface area contributed by atoms with Crippen molar-refractivity contribution < 1.29 is 9.53 Å². The molecular formula is C28H28ClN3O2. The number of para-hydroxylation sites is 2. The van der Waals surface area contributed by atoms with Gasteiger partial charge in [0.05, 0.1) is 17.6 Å². The van der Waals surface area contributed by atoms with Crippen molar-refractivity contribution in [3.8, 4) is 5.75 Å². The quantitative estimate of drug-likeness (QED) is 0.296. The van der Waals surface area contributed by atoms with Crippen LogP contribution in [0.15, 0.2) is 66.7 Å². The van der Waals surface area contributed by atoms with Gasteiger partial charge in [0.15, 0.2) is 0 Å². The Hall–Kier alpha value is -3.31. The van der Waals surface area contributed by atoms with Gasteiger partial charge in [-0.3, -0.25) is 4.79 Å². The number of carbonyl (C=O) groups excluding carboxylic acids is 1. The summed E-state index contributed by atoms with van der Waals surface area (Å²) >= 11 is 5.96. The molecule has 34 heavy (non-hydrogen) atoms.